The summed E-state index contributed by atoms with van der Waals surface area (Å²) >= 11 is 1.43. The summed E-state index contributed by atoms with van der Waals surface area (Å²) in [5, 5.41) is 6.21. The van der Waals surface area contributed by atoms with Gasteiger partial charge in [0.25, 0.3) is 5.91 Å². The monoisotopic (exact) mass is 417 g/mol. The molecule has 2 heterocycles. The van der Waals surface area contributed by atoms with Gasteiger partial charge in [0, 0.05) is 42.7 Å². The number of nitrogens with one attached hydrogen (secondary N) is 2. The summed E-state index contributed by atoms with van der Waals surface area (Å²) in [4.78, 5) is 28.0. The third kappa shape index (κ3) is 4.51. The third-order valence-corrected chi connectivity index (χ3v) is 6.15. The van der Waals surface area contributed by atoms with Crippen LogP contribution in [0.2, 0.25) is 0 Å². The van der Waals surface area contributed by atoms with Crippen LogP contribution in [0.1, 0.15) is 15.9 Å². The summed E-state index contributed by atoms with van der Waals surface area (Å²) in [7, 11) is 0. The molecule has 2 aliphatic rings. The number of hydrogen-bond donors (Lipinski definition) is 2. The van der Waals surface area contributed by atoms with E-state index in [1.807, 2.05) is 47.4 Å². The van der Waals surface area contributed by atoms with Crippen LogP contribution < -0.4 is 15.5 Å². The van der Waals surface area contributed by atoms with E-state index in [1.165, 1.54) is 17.3 Å². The molecule has 1 fully saturated rings. The number of carbonyl (C=O) groups is 2. The normalized spacial score (nSPS) is 15.4. The van der Waals surface area contributed by atoms with Gasteiger partial charge in [-0.2, -0.15) is 0 Å². The van der Waals surface area contributed by atoms with Gasteiger partial charge in [0.05, 0.1) is 11.3 Å². The fraction of sp³-hybridized carbons (Fsp3) is 0.333. The molecule has 2 amide bonds. The van der Waals surface area contributed by atoms with Crippen molar-refractivity contribution in [2.45, 2.75) is 11.3 Å². The molecule has 5 nitrogen and oxygen atoms in total. The molecule has 2 aromatic rings. The molecule has 28 heavy (non-hydrogen) atoms. The number of para-hydroxylation sites is 1. The topological polar surface area (TPSA) is 61.4 Å². The summed E-state index contributed by atoms with van der Waals surface area (Å²) in [6.45, 7) is 3.34. The van der Waals surface area contributed by atoms with Crippen LogP contribution >= 0.6 is 24.2 Å². The Morgan fingerprint density at radius 3 is 2.64 bits per heavy atom. The molecule has 0 radical (unpaired) electrons. The van der Waals surface area contributed by atoms with E-state index in [2.05, 4.69) is 16.7 Å². The van der Waals surface area contributed by atoms with Crippen molar-refractivity contribution in [3.63, 3.8) is 0 Å². The Hall–Kier alpha value is -2.02. The highest BCUT2D eigenvalue weighted by Gasteiger charge is 2.24. The summed E-state index contributed by atoms with van der Waals surface area (Å²) in [5.41, 5.74) is 2.88. The number of rotatable bonds is 6. The first kappa shape index (κ1) is 20.7. The summed E-state index contributed by atoms with van der Waals surface area (Å²) < 4.78 is 0. The van der Waals surface area contributed by atoms with Crippen LogP contribution in [0, 0.1) is 5.92 Å². The van der Waals surface area contributed by atoms with Crippen molar-refractivity contribution < 1.29 is 9.59 Å². The molecule has 0 spiro atoms. The molecule has 0 unspecified atom stereocenters. The molecule has 1 saturated heterocycles. The number of amides is 2. The van der Waals surface area contributed by atoms with Crippen LogP contribution in [-0.4, -0.2) is 43.7 Å². The van der Waals surface area contributed by atoms with Crippen molar-refractivity contribution >= 4 is 41.7 Å². The highest BCUT2D eigenvalue weighted by molar-refractivity contribution is 8.00. The maximum Gasteiger partial charge on any atom is 0.252 e. The fourth-order valence-electron chi connectivity index (χ4n) is 3.42. The zero-order chi connectivity index (χ0) is 18.6. The zero-order valence-electron chi connectivity index (χ0n) is 15.5. The number of anilines is 1. The van der Waals surface area contributed by atoms with E-state index in [9.17, 15) is 9.59 Å². The Morgan fingerprint density at radius 1 is 1.11 bits per heavy atom. The lowest BCUT2D eigenvalue weighted by Gasteiger charge is -2.27. The second-order valence-electron chi connectivity index (χ2n) is 6.94. The Kier molecular flexibility index (Phi) is 6.99. The SMILES string of the molecule is Cl.O=C(NCC1CNC1)c1ccccc1SCC(=O)N1CCc2ccccc21. The van der Waals surface area contributed by atoms with Gasteiger partial charge in [-0.3, -0.25) is 9.59 Å². The van der Waals surface area contributed by atoms with Crippen molar-refractivity contribution in [1.29, 1.82) is 0 Å². The van der Waals surface area contributed by atoms with Crippen molar-refractivity contribution in [2.75, 3.05) is 36.8 Å². The summed E-state index contributed by atoms with van der Waals surface area (Å²) in [6, 6.07) is 15.6. The average Bonchev–Trinajstić information content (AvgIpc) is 3.09. The van der Waals surface area contributed by atoms with Gasteiger partial charge in [0.15, 0.2) is 0 Å². The molecule has 7 heteroatoms. The van der Waals surface area contributed by atoms with Crippen LogP contribution in [0.5, 0.6) is 0 Å². The van der Waals surface area contributed by atoms with Gasteiger partial charge >= 0.3 is 0 Å². The van der Waals surface area contributed by atoms with E-state index in [0.717, 1.165) is 36.6 Å². The standard InChI is InChI=1S/C21H23N3O2S.ClH/c25-20(24-10-9-16-5-1-3-7-18(16)24)14-27-19-8-4-2-6-17(19)21(26)23-13-15-11-22-12-15;/h1-8,15,22H,9-14H2,(H,23,26);1H. The van der Waals surface area contributed by atoms with Gasteiger partial charge in [-0.1, -0.05) is 30.3 Å². The molecule has 2 aliphatic heterocycles. The number of carbonyl (C=O) groups excluding carboxylic acids is 2. The Labute approximate surface area is 175 Å². The maximum absolute atomic E-state index is 12.7. The second-order valence-corrected chi connectivity index (χ2v) is 7.96. The van der Waals surface area contributed by atoms with Crippen LogP contribution in [0.25, 0.3) is 0 Å². The van der Waals surface area contributed by atoms with E-state index >= 15 is 0 Å². The fourth-order valence-corrected chi connectivity index (χ4v) is 4.35. The van der Waals surface area contributed by atoms with E-state index in [-0.39, 0.29) is 24.2 Å². The number of hydrogen-bond acceptors (Lipinski definition) is 4. The van der Waals surface area contributed by atoms with Gasteiger partial charge in [-0.15, -0.1) is 24.2 Å². The quantitative estimate of drug-likeness (QED) is 0.709. The van der Waals surface area contributed by atoms with Crippen molar-refractivity contribution in [3.8, 4) is 0 Å². The highest BCUT2D eigenvalue weighted by Crippen LogP contribution is 2.29. The molecular weight excluding hydrogens is 394 g/mol. The largest absolute Gasteiger partial charge is 0.352 e. The van der Waals surface area contributed by atoms with E-state index in [0.29, 0.717) is 23.8 Å². The molecule has 2 aromatic carbocycles. The van der Waals surface area contributed by atoms with E-state index < -0.39 is 0 Å². The lowest BCUT2D eigenvalue weighted by Crippen LogP contribution is -2.48. The predicted molar refractivity (Wildman–Crippen MR) is 116 cm³/mol. The van der Waals surface area contributed by atoms with Crippen molar-refractivity contribution in [2.24, 2.45) is 5.92 Å². The molecule has 148 valence electrons. The molecule has 0 atom stereocenters. The molecule has 0 bridgehead atoms. The zero-order valence-corrected chi connectivity index (χ0v) is 17.2. The first-order chi connectivity index (χ1) is 13.2. The lowest BCUT2D eigenvalue weighted by molar-refractivity contribution is -0.116. The average molecular weight is 418 g/mol. The van der Waals surface area contributed by atoms with Crippen LogP contribution in [0.15, 0.2) is 53.4 Å². The van der Waals surface area contributed by atoms with Crippen molar-refractivity contribution in [3.05, 3.63) is 59.7 Å². The Morgan fingerprint density at radius 2 is 1.86 bits per heavy atom. The number of nitrogens with zero attached hydrogens (tertiary/aromatic N) is 1. The summed E-state index contributed by atoms with van der Waals surface area (Å²) in [5.74, 6) is 0.862. The number of halogens is 1. The van der Waals surface area contributed by atoms with Crippen LogP contribution in [-0.2, 0) is 11.2 Å². The summed E-state index contributed by atoms with van der Waals surface area (Å²) in [6.07, 6.45) is 0.904. The van der Waals surface area contributed by atoms with E-state index in [4.69, 9.17) is 0 Å². The number of thioether (sulfide) groups is 1. The first-order valence-electron chi connectivity index (χ1n) is 9.31. The minimum absolute atomic E-state index is 0. The van der Waals surface area contributed by atoms with Gasteiger partial charge in [0.1, 0.15) is 0 Å². The molecule has 0 aliphatic carbocycles. The third-order valence-electron chi connectivity index (χ3n) is 5.09. The minimum Gasteiger partial charge on any atom is -0.352 e. The molecule has 4 rings (SSSR count). The van der Waals surface area contributed by atoms with Gasteiger partial charge < -0.3 is 15.5 Å². The predicted octanol–water partition coefficient (Wildman–Crippen LogP) is 2.74. The Balaban J connectivity index is 0.00000225. The molecular formula is C21H24ClN3O2S. The van der Waals surface area contributed by atoms with Gasteiger partial charge in [0.2, 0.25) is 5.91 Å². The van der Waals surface area contributed by atoms with Crippen LogP contribution in [0.3, 0.4) is 0 Å². The molecule has 2 N–H and O–H groups in total. The highest BCUT2D eigenvalue weighted by atomic mass is 35.5. The van der Waals surface area contributed by atoms with Crippen molar-refractivity contribution in [1.82, 2.24) is 10.6 Å². The smallest absolute Gasteiger partial charge is 0.252 e. The second kappa shape index (κ2) is 9.45. The number of fused-ring (bicyclic) bond motifs is 1. The lowest BCUT2D eigenvalue weighted by atomic mass is 10.0. The van der Waals surface area contributed by atoms with Gasteiger partial charge in [-0.25, -0.2) is 0 Å². The van der Waals surface area contributed by atoms with Gasteiger partial charge in [-0.05, 0) is 30.2 Å². The van der Waals surface area contributed by atoms with E-state index in [1.54, 1.807) is 0 Å². The molecule has 0 saturated carbocycles. The minimum atomic E-state index is -0.0658. The molecule has 0 aromatic heterocycles. The van der Waals surface area contributed by atoms with Crippen LogP contribution in [0.4, 0.5) is 5.69 Å². The maximum atomic E-state index is 12.7. The Bertz CT molecular complexity index is 857. The first-order valence-corrected chi connectivity index (χ1v) is 10.3. The number of benzene rings is 2.